The van der Waals surface area contributed by atoms with Crippen molar-refractivity contribution in [1.82, 2.24) is 4.90 Å². The molecule has 0 saturated carbocycles. The van der Waals surface area contributed by atoms with Crippen LogP contribution in [0.2, 0.25) is 0 Å². The lowest BCUT2D eigenvalue weighted by atomic mass is 9.96. The average molecular weight is 203 g/mol. The van der Waals surface area contributed by atoms with Crippen molar-refractivity contribution >= 4 is 0 Å². The molecular formula is C10H12F3N. The molecule has 1 heterocycles. The lowest BCUT2D eigenvalue weighted by Crippen LogP contribution is -2.21. The highest BCUT2D eigenvalue weighted by Crippen LogP contribution is 2.37. The molecule has 0 aromatic heterocycles. The zero-order chi connectivity index (χ0) is 10.9. The van der Waals surface area contributed by atoms with Crippen molar-refractivity contribution in [2.75, 3.05) is 7.05 Å². The van der Waals surface area contributed by atoms with E-state index in [4.69, 9.17) is 0 Å². The molecule has 0 aromatic rings. The summed E-state index contributed by atoms with van der Waals surface area (Å²) in [5, 5.41) is 0. The molecule has 0 fully saturated rings. The highest BCUT2D eigenvalue weighted by molar-refractivity contribution is 5.49. The van der Waals surface area contributed by atoms with Crippen molar-refractivity contribution in [2.45, 2.75) is 19.5 Å². The number of halogens is 3. The van der Waals surface area contributed by atoms with Crippen LogP contribution < -0.4 is 0 Å². The Morgan fingerprint density at radius 2 is 1.93 bits per heavy atom. The predicted molar refractivity (Wildman–Crippen MR) is 49.4 cm³/mol. The second kappa shape index (κ2) is 3.52. The van der Waals surface area contributed by atoms with Crippen LogP contribution >= 0.6 is 0 Å². The molecule has 0 aromatic carbocycles. The summed E-state index contributed by atoms with van der Waals surface area (Å²) in [6.07, 6.45) is -1.05. The zero-order valence-corrected chi connectivity index (χ0v) is 8.15. The number of hydrogen-bond donors (Lipinski definition) is 0. The predicted octanol–water partition coefficient (Wildman–Crippen LogP) is 3.23. The first-order chi connectivity index (χ1) is 6.36. The monoisotopic (exact) mass is 203 g/mol. The van der Waals surface area contributed by atoms with Gasteiger partial charge in [-0.15, -0.1) is 0 Å². The van der Waals surface area contributed by atoms with E-state index in [1.165, 1.54) is 4.90 Å². The summed E-state index contributed by atoms with van der Waals surface area (Å²) in [6.45, 7) is 5.28. The molecule has 0 bridgehead atoms. The van der Waals surface area contributed by atoms with Gasteiger partial charge in [0, 0.05) is 19.4 Å². The lowest BCUT2D eigenvalue weighted by Gasteiger charge is -2.24. The first-order valence-electron chi connectivity index (χ1n) is 4.27. The van der Waals surface area contributed by atoms with Crippen LogP contribution in [0, 0.1) is 0 Å². The summed E-state index contributed by atoms with van der Waals surface area (Å²) >= 11 is 0. The van der Waals surface area contributed by atoms with Gasteiger partial charge in [-0.1, -0.05) is 13.5 Å². The normalized spacial score (nSPS) is 18.1. The van der Waals surface area contributed by atoms with Gasteiger partial charge < -0.3 is 4.90 Å². The summed E-state index contributed by atoms with van der Waals surface area (Å²) in [4.78, 5) is 1.41. The molecule has 0 aliphatic carbocycles. The molecule has 0 spiro atoms. The van der Waals surface area contributed by atoms with Gasteiger partial charge in [-0.3, -0.25) is 0 Å². The summed E-state index contributed by atoms with van der Waals surface area (Å²) in [5.41, 5.74) is 0.0553. The summed E-state index contributed by atoms with van der Waals surface area (Å²) in [6, 6.07) is 0. The van der Waals surface area contributed by atoms with Gasteiger partial charge >= 0.3 is 6.18 Å². The summed E-state index contributed by atoms with van der Waals surface area (Å²) in [5.74, 6) is 0. The summed E-state index contributed by atoms with van der Waals surface area (Å²) in [7, 11) is 1.58. The van der Waals surface area contributed by atoms with Crippen molar-refractivity contribution in [3.8, 4) is 0 Å². The van der Waals surface area contributed by atoms with E-state index >= 15 is 0 Å². The quantitative estimate of drug-likeness (QED) is 0.632. The number of nitrogens with zero attached hydrogens (tertiary/aromatic N) is 1. The Hall–Kier alpha value is -1.19. The molecule has 14 heavy (non-hydrogen) atoms. The van der Waals surface area contributed by atoms with Crippen LogP contribution in [0.4, 0.5) is 13.2 Å². The van der Waals surface area contributed by atoms with Crippen LogP contribution in [-0.4, -0.2) is 18.1 Å². The molecule has 1 aliphatic rings. The van der Waals surface area contributed by atoms with E-state index in [2.05, 4.69) is 6.58 Å². The fraction of sp³-hybridized carbons (Fsp3) is 0.400. The van der Waals surface area contributed by atoms with Gasteiger partial charge in [-0.2, -0.15) is 13.2 Å². The Morgan fingerprint density at radius 1 is 1.36 bits per heavy atom. The Labute approximate surface area is 81.2 Å². The Morgan fingerprint density at radius 3 is 2.36 bits per heavy atom. The molecule has 0 amide bonds. The third-order valence-electron chi connectivity index (χ3n) is 2.09. The second-order valence-corrected chi connectivity index (χ2v) is 3.19. The fourth-order valence-electron chi connectivity index (χ4n) is 1.36. The van der Waals surface area contributed by atoms with E-state index in [1.807, 2.05) is 6.92 Å². The van der Waals surface area contributed by atoms with Crippen molar-refractivity contribution < 1.29 is 13.2 Å². The molecule has 0 radical (unpaired) electrons. The van der Waals surface area contributed by atoms with Crippen LogP contribution in [0.25, 0.3) is 0 Å². The average Bonchev–Trinajstić information content (AvgIpc) is 2.06. The zero-order valence-electron chi connectivity index (χ0n) is 8.15. The Bertz CT molecular complexity index is 310. The maximum atomic E-state index is 12.5. The van der Waals surface area contributed by atoms with E-state index < -0.39 is 11.7 Å². The molecule has 1 nitrogen and oxygen atoms in total. The minimum absolute atomic E-state index is 0.0816. The van der Waals surface area contributed by atoms with Crippen LogP contribution in [0.1, 0.15) is 13.3 Å². The largest absolute Gasteiger partial charge is 0.418 e. The molecule has 0 saturated heterocycles. The first-order valence-corrected chi connectivity index (χ1v) is 4.27. The van der Waals surface area contributed by atoms with E-state index in [0.717, 1.165) is 6.20 Å². The van der Waals surface area contributed by atoms with Crippen molar-refractivity contribution in [3.05, 3.63) is 35.7 Å². The van der Waals surface area contributed by atoms with Gasteiger partial charge in [-0.05, 0) is 17.6 Å². The van der Waals surface area contributed by atoms with Crippen LogP contribution in [0.3, 0.4) is 0 Å². The molecule has 1 aliphatic heterocycles. The first kappa shape index (κ1) is 10.9. The van der Waals surface area contributed by atoms with Crippen molar-refractivity contribution in [2.24, 2.45) is 0 Å². The molecule has 0 atom stereocenters. The summed E-state index contributed by atoms with van der Waals surface area (Å²) < 4.78 is 37.5. The van der Waals surface area contributed by atoms with E-state index in [9.17, 15) is 13.2 Å². The Kier molecular flexibility index (Phi) is 2.73. The van der Waals surface area contributed by atoms with Crippen LogP contribution in [-0.2, 0) is 0 Å². The van der Waals surface area contributed by atoms with Gasteiger partial charge in [-0.25, -0.2) is 0 Å². The highest BCUT2D eigenvalue weighted by atomic mass is 19.4. The van der Waals surface area contributed by atoms with Crippen molar-refractivity contribution in [1.29, 1.82) is 0 Å². The lowest BCUT2D eigenvalue weighted by molar-refractivity contribution is -0.0901. The molecular weight excluding hydrogens is 191 g/mol. The minimum Gasteiger partial charge on any atom is -0.356 e. The molecule has 4 heteroatoms. The number of rotatable bonds is 1. The number of alkyl halides is 3. The topological polar surface area (TPSA) is 3.24 Å². The van der Waals surface area contributed by atoms with E-state index in [1.54, 1.807) is 13.2 Å². The van der Waals surface area contributed by atoms with Gasteiger partial charge in [0.1, 0.15) is 0 Å². The van der Waals surface area contributed by atoms with Gasteiger partial charge in [0.15, 0.2) is 0 Å². The maximum Gasteiger partial charge on any atom is 0.418 e. The standard InChI is InChI=1S/C10H12F3N/c1-4-8-5-14(3)6-9(7(8)2)10(11,12)13/h5-6H,2,4H2,1,3H3. The third-order valence-corrected chi connectivity index (χ3v) is 2.09. The minimum atomic E-state index is -4.32. The van der Waals surface area contributed by atoms with Crippen molar-refractivity contribution in [3.63, 3.8) is 0 Å². The van der Waals surface area contributed by atoms with Crippen LogP contribution in [0.5, 0.6) is 0 Å². The van der Waals surface area contributed by atoms with Crippen LogP contribution in [0.15, 0.2) is 35.7 Å². The Balaban J connectivity index is 3.06. The molecule has 0 N–H and O–H groups in total. The van der Waals surface area contributed by atoms with Gasteiger partial charge in [0.25, 0.3) is 0 Å². The van der Waals surface area contributed by atoms with E-state index in [-0.39, 0.29) is 5.57 Å². The highest BCUT2D eigenvalue weighted by Gasteiger charge is 2.37. The second-order valence-electron chi connectivity index (χ2n) is 3.19. The van der Waals surface area contributed by atoms with Gasteiger partial charge in [0.2, 0.25) is 0 Å². The molecule has 0 unspecified atom stereocenters. The van der Waals surface area contributed by atoms with Gasteiger partial charge in [0.05, 0.1) is 5.57 Å². The SMILES string of the molecule is C=C1C(CC)=CN(C)C=C1C(F)(F)F. The number of allylic oxidation sites excluding steroid dienone is 3. The number of hydrogen-bond acceptors (Lipinski definition) is 1. The fourth-order valence-corrected chi connectivity index (χ4v) is 1.36. The third kappa shape index (κ3) is 2.00. The molecule has 78 valence electrons. The smallest absolute Gasteiger partial charge is 0.356 e. The molecule has 1 rings (SSSR count). The maximum absolute atomic E-state index is 12.5. The van der Waals surface area contributed by atoms with E-state index in [0.29, 0.717) is 12.0 Å².